The van der Waals surface area contributed by atoms with E-state index in [0.717, 1.165) is 23.0 Å². The summed E-state index contributed by atoms with van der Waals surface area (Å²) in [7, 11) is 0. The van der Waals surface area contributed by atoms with Crippen LogP contribution in [0.4, 0.5) is 38.2 Å². The Bertz CT molecular complexity index is 1550. The first kappa shape index (κ1) is 27.5. The molecule has 3 aromatic heterocycles. The fourth-order valence-electron chi connectivity index (χ4n) is 5.43. The summed E-state index contributed by atoms with van der Waals surface area (Å²) < 4.78 is 82.0. The third-order valence-electron chi connectivity index (χ3n) is 7.27. The maximum atomic E-state index is 13.7. The summed E-state index contributed by atoms with van der Waals surface area (Å²) in [5.74, 6) is -0.220. The first-order valence-corrected chi connectivity index (χ1v) is 13.2. The number of alkyl halides is 6. The summed E-state index contributed by atoms with van der Waals surface area (Å²) in [5, 5.41) is 4.64. The number of aromatic amines is 1. The number of nitrogens with zero attached hydrogens (tertiary/aromatic N) is 6. The topological polar surface area (TPSA) is 85.9 Å². The van der Waals surface area contributed by atoms with Crippen molar-refractivity contribution < 1.29 is 26.3 Å². The monoisotopic (exact) mass is 596 g/mol. The molecule has 0 aliphatic carbocycles. The summed E-state index contributed by atoms with van der Waals surface area (Å²) in [6.45, 7) is 4.18. The van der Waals surface area contributed by atoms with Gasteiger partial charge in [0.1, 0.15) is 6.04 Å². The highest BCUT2D eigenvalue weighted by Crippen LogP contribution is 2.42. The van der Waals surface area contributed by atoms with Gasteiger partial charge in [0.25, 0.3) is 0 Å². The van der Waals surface area contributed by atoms with Gasteiger partial charge in [0, 0.05) is 71.8 Å². The van der Waals surface area contributed by atoms with Crippen LogP contribution in [0.15, 0.2) is 36.7 Å². The Balaban J connectivity index is 1.49. The Kier molecular flexibility index (Phi) is 6.72. The zero-order valence-electron chi connectivity index (χ0n) is 21.5. The minimum absolute atomic E-state index is 0.0345. The molecule has 4 aromatic rings. The van der Waals surface area contributed by atoms with Crippen LogP contribution in [0.25, 0.3) is 10.9 Å². The Morgan fingerprint density at radius 2 is 1.61 bits per heavy atom. The van der Waals surface area contributed by atoms with E-state index in [1.165, 1.54) is 4.90 Å². The molecular formula is C26H23ClF6N8. The summed E-state index contributed by atoms with van der Waals surface area (Å²) in [6.07, 6.45) is -6.85. The van der Waals surface area contributed by atoms with Crippen molar-refractivity contribution in [3.8, 4) is 0 Å². The molecule has 5 heterocycles. The van der Waals surface area contributed by atoms with Crippen LogP contribution in [0.5, 0.6) is 0 Å². The van der Waals surface area contributed by atoms with E-state index in [0.29, 0.717) is 41.7 Å². The molecule has 6 rings (SSSR count). The average Bonchev–Trinajstić information content (AvgIpc) is 3.29. The molecule has 1 fully saturated rings. The number of benzene rings is 1. The maximum absolute atomic E-state index is 13.7. The van der Waals surface area contributed by atoms with Gasteiger partial charge in [-0.25, -0.2) is 19.9 Å². The van der Waals surface area contributed by atoms with Gasteiger partial charge in [0.15, 0.2) is 11.4 Å². The maximum Gasteiger partial charge on any atom is 0.433 e. The molecule has 2 N–H and O–H groups in total. The molecule has 0 spiro atoms. The molecule has 0 saturated carbocycles. The second-order valence-electron chi connectivity index (χ2n) is 10.1. The van der Waals surface area contributed by atoms with E-state index < -0.39 is 35.7 Å². The van der Waals surface area contributed by atoms with Crippen molar-refractivity contribution in [2.45, 2.75) is 37.8 Å². The number of hydrogen-bond acceptors (Lipinski definition) is 7. The van der Waals surface area contributed by atoms with Crippen LogP contribution < -0.4 is 15.1 Å². The lowest BCUT2D eigenvalue weighted by Crippen LogP contribution is -2.49. The van der Waals surface area contributed by atoms with Gasteiger partial charge in [-0.15, -0.1) is 0 Å². The lowest BCUT2D eigenvalue weighted by Gasteiger charge is -2.36. The Morgan fingerprint density at radius 3 is 2.24 bits per heavy atom. The fraction of sp³-hybridized carbons (Fsp3) is 0.385. The zero-order valence-corrected chi connectivity index (χ0v) is 22.2. The minimum Gasteiger partial charge on any atom is -0.356 e. The molecule has 15 heteroatoms. The van der Waals surface area contributed by atoms with E-state index in [1.807, 2.05) is 11.8 Å². The van der Waals surface area contributed by atoms with E-state index in [2.05, 4.69) is 30.2 Å². The van der Waals surface area contributed by atoms with Gasteiger partial charge in [-0.3, -0.25) is 0 Å². The van der Waals surface area contributed by atoms with E-state index in [9.17, 15) is 26.3 Å². The van der Waals surface area contributed by atoms with E-state index in [4.69, 9.17) is 11.6 Å². The molecule has 0 bridgehead atoms. The van der Waals surface area contributed by atoms with Crippen molar-refractivity contribution in [2.75, 3.05) is 36.0 Å². The molecule has 216 valence electrons. The third-order valence-corrected chi connectivity index (χ3v) is 7.50. The van der Waals surface area contributed by atoms with Crippen molar-refractivity contribution >= 4 is 34.4 Å². The van der Waals surface area contributed by atoms with Gasteiger partial charge in [0.2, 0.25) is 11.9 Å². The van der Waals surface area contributed by atoms with Crippen molar-refractivity contribution in [1.82, 2.24) is 30.2 Å². The number of nitrogens with one attached hydrogen (secondary N) is 2. The standard InChI is InChI=1S/C26H23ClF6N8/c1-13-12-40(7-5-34-13)23-35-10-14(11-36-23)22-21-16(17-8-15(27)2-3-18(17)37-21)4-6-41(22)24-38-19(25(28,29)30)9-20(39-24)26(31,32)33/h2-3,8-11,13,22,34,37H,4-7,12H2,1H3/t13-,22-/m0/s1. The summed E-state index contributed by atoms with van der Waals surface area (Å²) in [6, 6.07) is 4.48. The number of anilines is 2. The largest absolute Gasteiger partial charge is 0.433 e. The molecule has 41 heavy (non-hydrogen) atoms. The number of hydrogen-bond donors (Lipinski definition) is 2. The van der Waals surface area contributed by atoms with Gasteiger partial charge in [-0.05, 0) is 43.2 Å². The smallest absolute Gasteiger partial charge is 0.356 e. The molecule has 1 aromatic carbocycles. The molecule has 8 nitrogen and oxygen atoms in total. The predicted octanol–water partition coefficient (Wildman–Crippen LogP) is 5.39. The van der Waals surface area contributed by atoms with Gasteiger partial charge in [-0.2, -0.15) is 26.3 Å². The van der Waals surface area contributed by atoms with Crippen LogP contribution in [0, 0.1) is 0 Å². The Morgan fingerprint density at radius 1 is 0.927 bits per heavy atom. The minimum atomic E-state index is -5.11. The van der Waals surface area contributed by atoms with Crippen LogP contribution in [0.2, 0.25) is 5.02 Å². The van der Waals surface area contributed by atoms with Gasteiger partial charge in [0.05, 0.1) is 0 Å². The van der Waals surface area contributed by atoms with Crippen LogP contribution >= 0.6 is 11.6 Å². The number of piperazine rings is 1. The second-order valence-corrected chi connectivity index (χ2v) is 10.5. The molecule has 2 aliphatic rings. The average molecular weight is 597 g/mol. The summed E-state index contributed by atoms with van der Waals surface area (Å²) in [5.41, 5.74) is -0.781. The van der Waals surface area contributed by atoms with Crippen LogP contribution in [-0.4, -0.2) is 57.1 Å². The normalized spacial score (nSPS) is 20.0. The summed E-state index contributed by atoms with van der Waals surface area (Å²) in [4.78, 5) is 22.8. The van der Waals surface area contributed by atoms with Gasteiger partial charge >= 0.3 is 12.4 Å². The number of H-pyrrole nitrogens is 1. The van der Waals surface area contributed by atoms with E-state index in [1.54, 1.807) is 30.6 Å². The van der Waals surface area contributed by atoms with E-state index in [-0.39, 0.29) is 18.7 Å². The molecule has 2 aliphatic heterocycles. The first-order chi connectivity index (χ1) is 19.4. The molecule has 1 saturated heterocycles. The first-order valence-electron chi connectivity index (χ1n) is 12.8. The van der Waals surface area contributed by atoms with Crippen LogP contribution in [-0.2, 0) is 18.8 Å². The number of fused-ring (bicyclic) bond motifs is 3. The zero-order chi connectivity index (χ0) is 29.1. The lowest BCUT2D eigenvalue weighted by atomic mass is 9.94. The highest BCUT2D eigenvalue weighted by atomic mass is 35.5. The lowest BCUT2D eigenvalue weighted by molar-refractivity contribution is -0.147. The van der Waals surface area contributed by atoms with Crippen molar-refractivity contribution in [1.29, 1.82) is 0 Å². The van der Waals surface area contributed by atoms with Crippen molar-refractivity contribution in [2.24, 2.45) is 0 Å². The van der Waals surface area contributed by atoms with Crippen molar-refractivity contribution in [3.05, 3.63) is 69.9 Å². The molecule has 0 amide bonds. The Hall–Kier alpha value is -3.65. The Labute approximate surface area is 234 Å². The number of rotatable bonds is 3. The predicted molar refractivity (Wildman–Crippen MR) is 140 cm³/mol. The number of aromatic nitrogens is 5. The van der Waals surface area contributed by atoms with Gasteiger partial charge < -0.3 is 20.1 Å². The van der Waals surface area contributed by atoms with Crippen LogP contribution in [0.1, 0.15) is 41.2 Å². The number of halogens is 7. The fourth-order valence-corrected chi connectivity index (χ4v) is 5.60. The second kappa shape index (κ2) is 10.0. The highest BCUT2D eigenvalue weighted by molar-refractivity contribution is 6.31. The highest BCUT2D eigenvalue weighted by Gasteiger charge is 2.42. The third kappa shape index (κ3) is 5.25. The van der Waals surface area contributed by atoms with Gasteiger partial charge in [-0.1, -0.05) is 11.6 Å². The molecular weight excluding hydrogens is 574 g/mol. The quantitative estimate of drug-likeness (QED) is 0.307. The summed E-state index contributed by atoms with van der Waals surface area (Å²) >= 11 is 6.23. The SMILES string of the molecule is C[C@H]1CN(c2ncc([C@H]3c4[nH]c5ccc(Cl)cc5c4CCN3c3nc(C(F)(F)F)cc(C(F)(F)F)n3)cn2)CCN1. The molecule has 2 atom stereocenters. The van der Waals surface area contributed by atoms with Crippen LogP contribution in [0.3, 0.4) is 0 Å². The molecule has 0 unspecified atom stereocenters. The van der Waals surface area contributed by atoms with E-state index >= 15 is 0 Å². The molecule has 0 radical (unpaired) electrons. The van der Waals surface area contributed by atoms with Crippen molar-refractivity contribution in [3.63, 3.8) is 0 Å².